The van der Waals surface area contributed by atoms with Gasteiger partial charge in [-0.3, -0.25) is 0 Å². The standard InChI is InChI=1S/C20H21F2N7/c1-28-9-11-29(12-10-28)15-7-5-14(6-8-15)24-18-13-23-27-20(25-18)26-19-16(21)3-2-4-17(19)22/h2-8,13H,9-12H2,1H3,(H2,24,25,26,27). The van der Waals surface area contributed by atoms with Crippen molar-refractivity contribution in [1.29, 1.82) is 0 Å². The van der Waals surface area contributed by atoms with Gasteiger partial charge in [0.1, 0.15) is 17.3 Å². The Morgan fingerprint density at radius 3 is 2.28 bits per heavy atom. The average Bonchev–Trinajstić information content (AvgIpc) is 2.72. The minimum absolute atomic E-state index is 0.00643. The Labute approximate surface area is 167 Å². The van der Waals surface area contributed by atoms with Crippen molar-refractivity contribution in [2.75, 3.05) is 48.8 Å². The molecule has 0 amide bonds. The van der Waals surface area contributed by atoms with Gasteiger partial charge in [0, 0.05) is 37.6 Å². The number of likely N-dealkylation sites (N-methyl/N-ethyl adjacent to an activating group) is 1. The van der Waals surface area contributed by atoms with E-state index in [1.54, 1.807) is 0 Å². The number of benzene rings is 2. The molecule has 1 saturated heterocycles. The predicted octanol–water partition coefficient (Wildman–Crippen LogP) is 3.39. The van der Waals surface area contributed by atoms with Gasteiger partial charge in [-0.15, -0.1) is 5.10 Å². The number of nitrogens with zero attached hydrogens (tertiary/aromatic N) is 5. The normalized spacial score (nSPS) is 14.7. The lowest BCUT2D eigenvalue weighted by Gasteiger charge is -2.34. The number of rotatable bonds is 5. The van der Waals surface area contributed by atoms with Crippen LogP contribution in [0.15, 0.2) is 48.7 Å². The van der Waals surface area contributed by atoms with Crippen LogP contribution < -0.4 is 15.5 Å². The molecule has 1 aromatic heterocycles. The van der Waals surface area contributed by atoms with Gasteiger partial charge in [0.2, 0.25) is 5.95 Å². The molecule has 3 aromatic rings. The topological polar surface area (TPSA) is 69.2 Å². The summed E-state index contributed by atoms with van der Waals surface area (Å²) in [7, 11) is 2.13. The van der Waals surface area contributed by atoms with Crippen LogP contribution in [0.2, 0.25) is 0 Å². The third kappa shape index (κ3) is 4.57. The SMILES string of the molecule is CN1CCN(c2ccc(Nc3cnnc(Nc4c(F)cccc4F)n3)cc2)CC1. The fourth-order valence-electron chi connectivity index (χ4n) is 3.11. The first kappa shape index (κ1) is 19.0. The van der Waals surface area contributed by atoms with Crippen LogP contribution in [-0.4, -0.2) is 53.3 Å². The summed E-state index contributed by atoms with van der Waals surface area (Å²) in [5.41, 5.74) is 1.68. The first-order valence-electron chi connectivity index (χ1n) is 9.30. The van der Waals surface area contributed by atoms with Gasteiger partial charge in [-0.25, -0.2) is 8.78 Å². The maximum Gasteiger partial charge on any atom is 0.249 e. The first-order valence-corrected chi connectivity index (χ1v) is 9.30. The summed E-state index contributed by atoms with van der Waals surface area (Å²) in [5, 5.41) is 13.3. The molecule has 0 unspecified atom stereocenters. The van der Waals surface area contributed by atoms with Gasteiger partial charge in [-0.1, -0.05) is 6.07 Å². The number of para-hydroxylation sites is 1. The second-order valence-electron chi connectivity index (χ2n) is 6.85. The molecule has 29 heavy (non-hydrogen) atoms. The minimum Gasteiger partial charge on any atom is -0.369 e. The van der Waals surface area contributed by atoms with Crippen LogP contribution in [-0.2, 0) is 0 Å². The molecule has 1 fully saturated rings. The lowest BCUT2D eigenvalue weighted by Crippen LogP contribution is -2.44. The van der Waals surface area contributed by atoms with Crippen LogP contribution in [0.1, 0.15) is 0 Å². The van der Waals surface area contributed by atoms with E-state index < -0.39 is 11.6 Å². The lowest BCUT2D eigenvalue weighted by atomic mass is 10.2. The van der Waals surface area contributed by atoms with Gasteiger partial charge in [-0.2, -0.15) is 10.1 Å². The molecule has 0 spiro atoms. The van der Waals surface area contributed by atoms with E-state index >= 15 is 0 Å². The fourth-order valence-corrected chi connectivity index (χ4v) is 3.11. The summed E-state index contributed by atoms with van der Waals surface area (Å²) in [5.74, 6) is -1.06. The highest BCUT2D eigenvalue weighted by Gasteiger charge is 2.14. The van der Waals surface area contributed by atoms with E-state index in [1.165, 1.54) is 18.0 Å². The summed E-state index contributed by atoms with van der Waals surface area (Å²) >= 11 is 0. The minimum atomic E-state index is -0.730. The molecule has 2 heterocycles. The molecule has 2 N–H and O–H groups in total. The summed E-state index contributed by atoms with van der Waals surface area (Å²) in [4.78, 5) is 8.88. The van der Waals surface area contributed by atoms with Crippen molar-refractivity contribution in [1.82, 2.24) is 20.1 Å². The van der Waals surface area contributed by atoms with Crippen molar-refractivity contribution in [3.63, 3.8) is 0 Å². The Hall–Kier alpha value is -3.33. The highest BCUT2D eigenvalue weighted by atomic mass is 19.1. The molecule has 2 aromatic carbocycles. The number of nitrogens with one attached hydrogen (secondary N) is 2. The summed E-state index contributed by atoms with van der Waals surface area (Å²) in [6, 6.07) is 11.6. The molecule has 7 nitrogen and oxygen atoms in total. The highest BCUT2D eigenvalue weighted by Crippen LogP contribution is 2.23. The van der Waals surface area contributed by atoms with Gasteiger partial charge < -0.3 is 20.4 Å². The van der Waals surface area contributed by atoms with Gasteiger partial charge in [0.05, 0.1) is 6.20 Å². The van der Waals surface area contributed by atoms with Crippen molar-refractivity contribution >= 4 is 28.8 Å². The van der Waals surface area contributed by atoms with E-state index in [9.17, 15) is 8.78 Å². The van der Waals surface area contributed by atoms with Crippen LogP contribution in [0, 0.1) is 11.6 Å². The van der Waals surface area contributed by atoms with Crippen LogP contribution >= 0.6 is 0 Å². The van der Waals surface area contributed by atoms with Crippen molar-refractivity contribution < 1.29 is 8.78 Å². The average molecular weight is 397 g/mol. The first-order chi connectivity index (χ1) is 14.1. The van der Waals surface area contributed by atoms with Crippen LogP contribution in [0.5, 0.6) is 0 Å². The van der Waals surface area contributed by atoms with Crippen LogP contribution in [0.4, 0.5) is 37.6 Å². The summed E-state index contributed by atoms with van der Waals surface area (Å²) in [6.07, 6.45) is 1.44. The third-order valence-corrected chi connectivity index (χ3v) is 4.77. The van der Waals surface area contributed by atoms with E-state index in [2.05, 4.69) is 54.8 Å². The third-order valence-electron chi connectivity index (χ3n) is 4.77. The molecular weight excluding hydrogens is 376 g/mol. The van der Waals surface area contributed by atoms with Crippen molar-refractivity contribution in [3.8, 4) is 0 Å². The van der Waals surface area contributed by atoms with E-state index in [-0.39, 0.29) is 11.6 Å². The zero-order chi connectivity index (χ0) is 20.2. The fraction of sp³-hybridized carbons (Fsp3) is 0.250. The molecule has 150 valence electrons. The van der Waals surface area contributed by atoms with Gasteiger partial charge in [0.25, 0.3) is 0 Å². The molecule has 1 aliphatic heterocycles. The van der Waals surface area contributed by atoms with E-state index in [4.69, 9.17) is 0 Å². The molecule has 0 saturated carbocycles. The van der Waals surface area contributed by atoms with E-state index in [0.29, 0.717) is 5.82 Å². The molecular formula is C20H21F2N7. The zero-order valence-electron chi connectivity index (χ0n) is 15.9. The number of hydrogen-bond donors (Lipinski definition) is 2. The number of hydrogen-bond acceptors (Lipinski definition) is 7. The Morgan fingerprint density at radius 2 is 1.59 bits per heavy atom. The van der Waals surface area contributed by atoms with Crippen molar-refractivity contribution in [2.45, 2.75) is 0 Å². The molecule has 4 rings (SSSR count). The lowest BCUT2D eigenvalue weighted by molar-refractivity contribution is 0.313. The Balaban J connectivity index is 1.44. The molecule has 9 heteroatoms. The second-order valence-corrected chi connectivity index (χ2v) is 6.85. The van der Waals surface area contributed by atoms with Crippen molar-refractivity contribution in [3.05, 3.63) is 60.3 Å². The van der Waals surface area contributed by atoms with E-state index in [0.717, 1.165) is 44.0 Å². The smallest absolute Gasteiger partial charge is 0.249 e. The maximum absolute atomic E-state index is 13.8. The van der Waals surface area contributed by atoms with Gasteiger partial charge in [0.15, 0.2) is 5.82 Å². The molecule has 0 atom stereocenters. The number of piperazine rings is 1. The van der Waals surface area contributed by atoms with E-state index in [1.807, 2.05) is 12.1 Å². The maximum atomic E-state index is 13.8. The molecule has 0 aliphatic carbocycles. The monoisotopic (exact) mass is 397 g/mol. The Bertz CT molecular complexity index is 953. The summed E-state index contributed by atoms with van der Waals surface area (Å²) < 4.78 is 27.6. The molecule has 1 aliphatic rings. The Kier molecular flexibility index (Phi) is 5.48. The van der Waals surface area contributed by atoms with Crippen LogP contribution in [0.3, 0.4) is 0 Å². The summed E-state index contributed by atoms with van der Waals surface area (Å²) in [6.45, 7) is 4.09. The van der Waals surface area contributed by atoms with Gasteiger partial charge in [-0.05, 0) is 43.4 Å². The predicted molar refractivity (Wildman–Crippen MR) is 109 cm³/mol. The molecule has 0 bridgehead atoms. The Morgan fingerprint density at radius 1 is 0.897 bits per heavy atom. The number of anilines is 5. The quantitative estimate of drug-likeness (QED) is 0.684. The zero-order valence-corrected chi connectivity index (χ0v) is 15.9. The van der Waals surface area contributed by atoms with Crippen molar-refractivity contribution in [2.24, 2.45) is 0 Å². The second kappa shape index (κ2) is 8.36. The molecule has 0 radical (unpaired) electrons. The van der Waals surface area contributed by atoms with Gasteiger partial charge >= 0.3 is 0 Å². The number of halogens is 2. The van der Waals surface area contributed by atoms with Crippen LogP contribution in [0.25, 0.3) is 0 Å². The highest BCUT2D eigenvalue weighted by molar-refractivity contribution is 5.62. The number of aromatic nitrogens is 3. The largest absolute Gasteiger partial charge is 0.369 e.